The van der Waals surface area contributed by atoms with Crippen LogP contribution < -0.4 is 4.90 Å². The molecule has 1 aromatic carbocycles. The van der Waals surface area contributed by atoms with E-state index >= 15 is 0 Å². The van der Waals surface area contributed by atoms with Crippen molar-refractivity contribution in [2.45, 2.75) is 26.5 Å². The molecule has 1 unspecified atom stereocenters. The predicted octanol–water partition coefficient (Wildman–Crippen LogP) is 3.50. The van der Waals surface area contributed by atoms with Gasteiger partial charge in [0.05, 0.1) is 24.6 Å². The largest absolute Gasteiger partial charge is 0.467 e. The molecule has 102 valence electrons. The molecule has 0 aliphatic carbocycles. The number of aliphatic hydroxyl groups is 1. The number of aliphatic hydroxyl groups excluding tert-OH is 1. The molecule has 0 bridgehead atoms. The number of hydrogen-bond acceptors (Lipinski definition) is 3. The fourth-order valence-corrected chi connectivity index (χ4v) is 2.00. The lowest BCUT2D eigenvalue weighted by Crippen LogP contribution is -2.22. The molecule has 1 heterocycles. The topological polar surface area (TPSA) is 36.6 Å². The van der Waals surface area contributed by atoms with Gasteiger partial charge in [-0.05, 0) is 43.7 Å². The Kier molecular flexibility index (Phi) is 4.22. The molecule has 0 aliphatic heterocycles. The lowest BCUT2D eigenvalue weighted by molar-refractivity contribution is 0.199. The van der Waals surface area contributed by atoms with Gasteiger partial charge < -0.3 is 14.4 Å². The van der Waals surface area contributed by atoms with E-state index in [2.05, 4.69) is 0 Å². The molecule has 0 aliphatic rings. The average molecular weight is 263 g/mol. The molecule has 0 radical (unpaired) electrons. The Bertz CT molecular complexity index is 523. The Morgan fingerprint density at radius 3 is 2.68 bits per heavy atom. The van der Waals surface area contributed by atoms with Crippen molar-refractivity contribution >= 4 is 5.69 Å². The van der Waals surface area contributed by atoms with E-state index in [0.29, 0.717) is 24.3 Å². The molecule has 0 spiro atoms. The van der Waals surface area contributed by atoms with Crippen LogP contribution in [0.15, 0.2) is 41.0 Å². The normalized spacial score (nSPS) is 12.4. The van der Waals surface area contributed by atoms with Crippen LogP contribution in [0, 0.1) is 5.82 Å². The first-order valence-electron chi connectivity index (χ1n) is 6.36. The number of rotatable bonds is 5. The molecule has 1 atom stereocenters. The lowest BCUT2D eigenvalue weighted by atomic mass is 10.1. The molecule has 0 saturated heterocycles. The third-order valence-corrected chi connectivity index (χ3v) is 3.10. The summed E-state index contributed by atoms with van der Waals surface area (Å²) in [5.74, 6) is 0.465. The zero-order valence-corrected chi connectivity index (χ0v) is 11.1. The first kappa shape index (κ1) is 13.6. The minimum Gasteiger partial charge on any atom is -0.467 e. The van der Waals surface area contributed by atoms with Crippen molar-refractivity contribution < 1.29 is 13.9 Å². The molecule has 0 saturated carbocycles. The number of benzene rings is 1. The van der Waals surface area contributed by atoms with E-state index in [4.69, 9.17) is 4.42 Å². The summed E-state index contributed by atoms with van der Waals surface area (Å²) in [5.41, 5.74) is 1.10. The molecular weight excluding hydrogens is 245 g/mol. The summed E-state index contributed by atoms with van der Waals surface area (Å²) in [4.78, 5) is 1.89. The van der Waals surface area contributed by atoms with Crippen LogP contribution in [0.5, 0.6) is 0 Å². The summed E-state index contributed by atoms with van der Waals surface area (Å²) < 4.78 is 19.4. The van der Waals surface area contributed by atoms with Gasteiger partial charge in [-0.2, -0.15) is 0 Å². The van der Waals surface area contributed by atoms with Crippen LogP contribution in [0.3, 0.4) is 0 Å². The molecular formula is C15H18FNO2. The van der Waals surface area contributed by atoms with E-state index in [1.807, 2.05) is 24.0 Å². The first-order chi connectivity index (χ1) is 9.11. The number of nitrogens with zero attached hydrogens (tertiary/aromatic N) is 1. The van der Waals surface area contributed by atoms with Gasteiger partial charge in [-0.15, -0.1) is 0 Å². The van der Waals surface area contributed by atoms with Gasteiger partial charge >= 0.3 is 0 Å². The minimum absolute atomic E-state index is 0.327. The van der Waals surface area contributed by atoms with Crippen LogP contribution in [0.4, 0.5) is 10.1 Å². The van der Waals surface area contributed by atoms with Gasteiger partial charge in [0.25, 0.3) is 0 Å². The van der Waals surface area contributed by atoms with Gasteiger partial charge in [0, 0.05) is 6.54 Å². The highest BCUT2D eigenvalue weighted by molar-refractivity contribution is 5.49. The van der Waals surface area contributed by atoms with Crippen LogP contribution in [0.25, 0.3) is 0 Å². The van der Waals surface area contributed by atoms with Crippen molar-refractivity contribution in [1.82, 2.24) is 0 Å². The van der Waals surface area contributed by atoms with Gasteiger partial charge in [-0.25, -0.2) is 4.39 Å². The molecule has 2 aromatic rings. The van der Waals surface area contributed by atoms with Crippen molar-refractivity contribution in [3.8, 4) is 0 Å². The fraction of sp³-hybridized carbons (Fsp3) is 0.333. The lowest BCUT2D eigenvalue weighted by Gasteiger charge is -2.23. The maximum absolute atomic E-state index is 14.1. The summed E-state index contributed by atoms with van der Waals surface area (Å²) in [7, 11) is 0. The quantitative estimate of drug-likeness (QED) is 0.897. The van der Waals surface area contributed by atoms with E-state index in [1.54, 1.807) is 25.3 Å². The van der Waals surface area contributed by atoms with Crippen LogP contribution >= 0.6 is 0 Å². The van der Waals surface area contributed by atoms with Crippen molar-refractivity contribution in [3.63, 3.8) is 0 Å². The highest BCUT2D eigenvalue weighted by atomic mass is 19.1. The summed E-state index contributed by atoms with van der Waals surface area (Å²) >= 11 is 0. The van der Waals surface area contributed by atoms with Crippen LogP contribution in [-0.2, 0) is 6.54 Å². The molecule has 2 rings (SSSR count). The highest BCUT2D eigenvalue weighted by Crippen LogP contribution is 2.24. The van der Waals surface area contributed by atoms with Gasteiger partial charge in [-0.3, -0.25) is 0 Å². The van der Waals surface area contributed by atoms with Crippen molar-refractivity contribution in [2.75, 3.05) is 11.4 Å². The van der Waals surface area contributed by atoms with Gasteiger partial charge in [0.2, 0.25) is 0 Å². The third kappa shape index (κ3) is 3.15. The van der Waals surface area contributed by atoms with Crippen LogP contribution in [0.2, 0.25) is 0 Å². The number of anilines is 1. The summed E-state index contributed by atoms with van der Waals surface area (Å²) in [5, 5.41) is 9.45. The average Bonchev–Trinajstić information content (AvgIpc) is 2.89. The third-order valence-electron chi connectivity index (χ3n) is 3.10. The summed E-state index contributed by atoms with van der Waals surface area (Å²) in [6.45, 7) is 4.78. The maximum atomic E-state index is 14.1. The van der Waals surface area contributed by atoms with Crippen molar-refractivity contribution in [3.05, 3.63) is 53.7 Å². The van der Waals surface area contributed by atoms with Crippen molar-refractivity contribution in [1.29, 1.82) is 0 Å². The molecule has 4 heteroatoms. The Labute approximate surface area is 112 Å². The minimum atomic E-state index is -0.663. The van der Waals surface area contributed by atoms with E-state index in [0.717, 1.165) is 5.76 Å². The molecule has 1 N–H and O–H groups in total. The SMILES string of the molecule is CCN(Cc1ccco1)c1ccc(C(C)O)cc1F. The van der Waals surface area contributed by atoms with Crippen LogP contribution in [0.1, 0.15) is 31.3 Å². The molecule has 1 aromatic heterocycles. The Morgan fingerprint density at radius 1 is 1.37 bits per heavy atom. The summed E-state index contributed by atoms with van der Waals surface area (Å²) in [6.07, 6.45) is 0.944. The number of furan rings is 1. The highest BCUT2D eigenvalue weighted by Gasteiger charge is 2.13. The predicted molar refractivity (Wildman–Crippen MR) is 72.5 cm³/mol. The fourth-order valence-electron chi connectivity index (χ4n) is 2.00. The van der Waals surface area contributed by atoms with E-state index in [9.17, 15) is 9.50 Å². The zero-order chi connectivity index (χ0) is 13.8. The van der Waals surface area contributed by atoms with E-state index < -0.39 is 6.10 Å². The first-order valence-corrected chi connectivity index (χ1v) is 6.36. The number of halogens is 1. The molecule has 0 amide bonds. The second-order valence-electron chi connectivity index (χ2n) is 4.48. The Balaban J connectivity index is 2.23. The zero-order valence-electron chi connectivity index (χ0n) is 11.1. The van der Waals surface area contributed by atoms with Gasteiger partial charge in [0.1, 0.15) is 11.6 Å². The molecule has 19 heavy (non-hydrogen) atoms. The smallest absolute Gasteiger partial charge is 0.146 e. The standard InChI is InChI=1S/C15H18FNO2/c1-3-17(10-13-5-4-8-19-13)15-7-6-12(11(2)18)9-14(15)16/h4-9,11,18H,3,10H2,1-2H3. The second-order valence-corrected chi connectivity index (χ2v) is 4.48. The second kappa shape index (κ2) is 5.89. The van der Waals surface area contributed by atoms with Crippen LogP contribution in [-0.4, -0.2) is 11.7 Å². The van der Waals surface area contributed by atoms with Gasteiger partial charge in [-0.1, -0.05) is 6.07 Å². The Morgan fingerprint density at radius 2 is 2.16 bits per heavy atom. The summed E-state index contributed by atoms with van der Waals surface area (Å²) in [6, 6.07) is 8.50. The molecule has 3 nitrogen and oxygen atoms in total. The monoisotopic (exact) mass is 263 g/mol. The van der Waals surface area contributed by atoms with Crippen molar-refractivity contribution in [2.24, 2.45) is 0 Å². The van der Waals surface area contributed by atoms with E-state index in [1.165, 1.54) is 6.07 Å². The molecule has 0 fully saturated rings. The van der Waals surface area contributed by atoms with E-state index in [-0.39, 0.29) is 5.82 Å². The van der Waals surface area contributed by atoms with Gasteiger partial charge in [0.15, 0.2) is 0 Å². The Hall–Kier alpha value is -1.81. The number of hydrogen-bond donors (Lipinski definition) is 1. The maximum Gasteiger partial charge on any atom is 0.146 e.